The van der Waals surface area contributed by atoms with Crippen LogP contribution >= 0.6 is 0 Å². The number of carbonyl (C=O) groups excluding carboxylic acids is 1. The zero-order valence-electron chi connectivity index (χ0n) is 16.1. The number of nitrogen functional groups attached to an aromatic ring is 1. The van der Waals surface area contributed by atoms with Gasteiger partial charge >= 0.3 is 11.7 Å². The molecule has 0 unspecified atom stereocenters. The predicted molar refractivity (Wildman–Crippen MR) is 101 cm³/mol. The second-order valence-corrected chi connectivity index (χ2v) is 7.88. The van der Waals surface area contributed by atoms with Gasteiger partial charge in [0.1, 0.15) is 12.8 Å². The van der Waals surface area contributed by atoms with Gasteiger partial charge < -0.3 is 15.2 Å². The van der Waals surface area contributed by atoms with Crippen LogP contribution in [0.4, 0.5) is 10.2 Å². The maximum atomic E-state index is 13.6. The molecule has 1 saturated heterocycles. The van der Waals surface area contributed by atoms with Gasteiger partial charge in [0.25, 0.3) is 0 Å². The first kappa shape index (κ1) is 20.0. The highest BCUT2D eigenvalue weighted by atomic mass is 19.1. The van der Waals surface area contributed by atoms with Crippen molar-refractivity contribution in [2.45, 2.75) is 51.4 Å². The SMILES string of the molecule is CC(C)(C)c1ccc(C(=O)OC[C@@H]2CC[C@H](n3cc(F)c(N)nc3=O)O2)cc1. The fraction of sp³-hybridized carbons (Fsp3) is 0.450. The number of ether oxygens (including phenoxy) is 2. The van der Waals surface area contributed by atoms with E-state index in [2.05, 4.69) is 25.8 Å². The van der Waals surface area contributed by atoms with E-state index in [0.717, 1.165) is 16.3 Å². The molecule has 1 aliphatic heterocycles. The van der Waals surface area contributed by atoms with Gasteiger partial charge in [-0.15, -0.1) is 0 Å². The van der Waals surface area contributed by atoms with Gasteiger partial charge in [0.2, 0.25) is 0 Å². The van der Waals surface area contributed by atoms with Gasteiger partial charge in [-0.25, -0.2) is 14.0 Å². The number of nitrogens with zero attached hydrogens (tertiary/aromatic N) is 2. The molecule has 7 nitrogen and oxygen atoms in total. The van der Waals surface area contributed by atoms with E-state index in [1.807, 2.05) is 12.1 Å². The first-order chi connectivity index (χ1) is 13.1. The van der Waals surface area contributed by atoms with E-state index in [0.29, 0.717) is 18.4 Å². The lowest BCUT2D eigenvalue weighted by Crippen LogP contribution is -2.29. The third kappa shape index (κ3) is 4.39. The molecule has 2 N–H and O–H groups in total. The minimum absolute atomic E-state index is 0.00362. The standard InChI is InChI=1S/C20H24FN3O4/c1-20(2,3)13-6-4-12(5-7-13)18(25)27-11-14-8-9-16(28-14)24-10-15(21)17(22)23-19(24)26/h4-7,10,14,16H,8-9,11H2,1-3H3,(H2,22,23,26)/t14-,16+/m0/s1. The fourth-order valence-corrected chi connectivity index (χ4v) is 3.04. The number of hydrogen-bond donors (Lipinski definition) is 1. The van der Waals surface area contributed by atoms with Crippen LogP contribution in [0.3, 0.4) is 0 Å². The van der Waals surface area contributed by atoms with Crippen LogP contribution in [0.25, 0.3) is 0 Å². The van der Waals surface area contributed by atoms with Gasteiger partial charge in [0, 0.05) is 0 Å². The van der Waals surface area contributed by atoms with Crippen LogP contribution in [-0.2, 0) is 14.9 Å². The Morgan fingerprint density at radius 2 is 2.00 bits per heavy atom. The smallest absolute Gasteiger partial charge is 0.351 e. The molecule has 0 spiro atoms. The summed E-state index contributed by atoms with van der Waals surface area (Å²) in [4.78, 5) is 27.5. The highest BCUT2D eigenvalue weighted by Gasteiger charge is 2.29. The van der Waals surface area contributed by atoms with Crippen LogP contribution in [0.15, 0.2) is 35.3 Å². The van der Waals surface area contributed by atoms with Gasteiger partial charge in [-0.05, 0) is 36.0 Å². The first-order valence-corrected chi connectivity index (χ1v) is 9.12. The number of aromatic nitrogens is 2. The van der Waals surface area contributed by atoms with E-state index in [1.165, 1.54) is 0 Å². The average molecular weight is 389 g/mol. The third-order valence-corrected chi connectivity index (χ3v) is 4.72. The number of halogens is 1. The van der Waals surface area contributed by atoms with Gasteiger partial charge in [0.05, 0.1) is 17.9 Å². The molecule has 1 aromatic heterocycles. The van der Waals surface area contributed by atoms with E-state index >= 15 is 0 Å². The summed E-state index contributed by atoms with van der Waals surface area (Å²) in [5, 5.41) is 0. The lowest BCUT2D eigenvalue weighted by Gasteiger charge is -2.19. The Bertz CT molecular complexity index is 919. The average Bonchev–Trinajstić information content (AvgIpc) is 3.11. The van der Waals surface area contributed by atoms with E-state index in [9.17, 15) is 14.0 Å². The third-order valence-electron chi connectivity index (χ3n) is 4.72. The molecule has 0 bridgehead atoms. The second-order valence-electron chi connectivity index (χ2n) is 7.88. The zero-order chi connectivity index (χ0) is 20.5. The quantitative estimate of drug-likeness (QED) is 0.808. The molecule has 1 aliphatic rings. The molecule has 0 amide bonds. The molecule has 2 atom stereocenters. The summed E-state index contributed by atoms with van der Waals surface area (Å²) in [5.74, 6) is -1.66. The summed E-state index contributed by atoms with van der Waals surface area (Å²) in [6.45, 7) is 6.35. The molecule has 150 valence electrons. The molecule has 1 aromatic carbocycles. The van der Waals surface area contributed by atoms with Crippen molar-refractivity contribution in [3.8, 4) is 0 Å². The Hall–Kier alpha value is -2.74. The van der Waals surface area contributed by atoms with Crippen LogP contribution in [0.5, 0.6) is 0 Å². The van der Waals surface area contributed by atoms with Crippen LogP contribution < -0.4 is 11.4 Å². The summed E-state index contributed by atoms with van der Waals surface area (Å²) in [6, 6.07) is 7.30. The van der Waals surface area contributed by atoms with Crippen LogP contribution in [0.2, 0.25) is 0 Å². The van der Waals surface area contributed by atoms with Gasteiger partial charge in [-0.2, -0.15) is 4.98 Å². The largest absolute Gasteiger partial charge is 0.459 e. The molecular formula is C20H24FN3O4. The number of hydrogen-bond acceptors (Lipinski definition) is 6. The number of anilines is 1. The zero-order valence-corrected chi connectivity index (χ0v) is 16.1. The van der Waals surface area contributed by atoms with Crippen LogP contribution in [0.1, 0.15) is 55.8 Å². The summed E-state index contributed by atoms with van der Waals surface area (Å²) in [6.07, 6.45) is 0.994. The summed E-state index contributed by atoms with van der Waals surface area (Å²) >= 11 is 0. The highest BCUT2D eigenvalue weighted by Crippen LogP contribution is 2.28. The van der Waals surface area contributed by atoms with E-state index < -0.39 is 29.5 Å². The topological polar surface area (TPSA) is 96.4 Å². The maximum Gasteiger partial charge on any atom is 0.351 e. The highest BCUT2D eigenvalue weighted by molar-refractivity contribution is 5.89. The Morgan fingerprint density at radius 3 is 2.64 bits per heavy atom. The maximum absolute atomic E-state index is 13.6. The number of rotatable bonds is 4. The number of benzene rings is 1. The Balaban J connectivity index is 1.57. The van der Waals surface area contributed by atoms with Crippen molar-refractivity contribution < 1.29 is 18.7 Å². The summed E-state index contributed by atoms with van der Waals surface area (Å²) in [7, 11) is 0. The predicted octanol–water partition coefficient (Wildman–Crippen LogP) is 2.80. The fourth-order valence-electron chi connectivity index (χ4n) is 3.04. The molecular weight excluding hydrogens is 365 g/mol. The second kappa shape index (κ2) is 7.71. The minimum atomic E-state index is -0.781. The molecule has 28 heavy (non-hydrogen) atoms. The molecule has 0 saturated carbocycles. The van der Waals surface area contributed by atoms with Crippen molar-refractivity contribution in [1.29, 1.82) is 0 Å². The lowest BCUT2D eigenvalue weighted by atomic mass is 9.87. The molecule has 8 heteroatoms. The van der Waals surface area contributed by atoms with Crippen molar-refractivity contribution in [3.05, 3.63) is 57.9 Å². The Labute approximate surface area is 162 Å². The Morgan fingerprint density at radius 1 is 1.32 bits per heavy atom. The number of carbonyl (C=O) groups is 1. The summed E-state index contributed by atoms with van der Waals surface area (Å²) in [5.41, 5.74) is 6.20. The van der Waals surface area contributed by atoms with Crippen LogP contribution in [-0.4, -0.2) is 28.2 Å². The lowest BCUT2D eigenvalue weighted by molar-refractivity contribution is -0.0342. The van der Waals surface area contributed by atoms with E-state index in [4.69, 9.17) is 15.2 Å². The van der Waals surface area contributed by atoms with Crippen molar-refractivity contribution in [1.82, 2.24) is 9.55 Å². The molecule has 2 aromatic rings. The Kier molecular flexibility index (Phi) is 5.51. The number of nitrogens with two attached hydrogens (primary N) is 1. The van der Waals surface area contributed by atoms with Crippen molar-refractivity contribution in [2.75, 3.05) is 12.3 Å². The molecule has 2 heterocycles. The van der Waals surface area contributed by atoms with Crippen molar-refractivity contribution in [2.24, 2.45) is 0 Å². The van der Waals surface area contributed by atoms with Crippen molar-refractivity contribution in [3.63, 3.8) is 0 Å². The molecule has 0 aliphatic carbocycles. The van der Waals surface area contributed by atoms with Gasteiger partial charge in [-0.3, -0.25) is 4.57 Å². The monoisotopic (exact) mass is 389 g/mol. The molecule has 1 fully saturated rings. The van der Waals surface area contributed by atoms with E-state index in [-0.39, 0.29) is 18.1 Å². The van der Waals surface area contributed by atoms with Gasteiger partial charge in [-0.1, -0.05) is 32.9 Å². The number of esters is 1. The normalized spacial score (nSPS) is 19.6. The minimum Gasteiger partial charge on any atom is -0.459 e. The van der Waals surface area contributed by atoms with Crippen molar-refractivity contribution >= 4 is 11.8 Å². The van der Waals surface area contributed by atoms with E-state index in [1.54, 1.807) is 12.1 Å². The first-order valence-electron chi connectivity index (χ1n) is 9.12. The summed E-state index contributed by atoms with van der Waals surface area (Å²) < 4.78 is 25.7. The molecule has 0 radical (unpaired) electrons. The molecule has 3 rings (SSSR count). The van der Waals surface area contributed by atoms with Gasteiger partial charge in [0.15, 0.2) is 11.6 Å². The van der Waals surface area contributed by atoms with Crippen LogP contribution in [0, 0.1) is 5.82 Å².